The third-order valence-electron chi connectivity index (χ3n) is 5.09. The minimum Gasteiger partial charge on any atom is -0.454 e. The van der Waals surface area contributed by atoms with E-state index >= 15 is 0 Å². The molecule has 0 aliphatic carbocycles. The molecule has 0 bridgehead atoms. The zero-order valence-electron chi connectivity index (χ0n) is 15.1. The summed E-state index contributed by atoms with van der Waals surface area (Å²) in [6.45, 7) is 0.701. The largest absolute Gasteiger partial charge is 0.454 e. The minimum atomic E-state index is -0.0961. The fourth-order valence-electron chi connectivity index (χ4n) is 3.80. The third kappa shape index (κ3) is 2.74. The molecule has 28 heavy (non-hydrogen) atoms. The number of ether oxygens (including phenoxy) is 2. The third-order valence-corrected chi connectivity index (χ3v) is 5.09. The second-order valence-corrected chi connectivity index (χ2v) is 6.86. The second-order valence-electron chi connectivity index (χ2n) is 6.86. The number of anilines is 2. The Morgan fingerprint density at radius 3 is 2.75 bits per heavy atom. The van der Waals surface area contributed by atoms with E-state index in [1.807, 2.05) is 36.4 Å². The van der Waals surface area contributed by atoms with Crippen LogP contribution in [0.4, 0.5) is 11.4 Å². The predicted octanol–water partition coefficient (Wildman–Crippen LogP) is 3.95. The van der Waals surface area contributed by atoms with Crippen molar-refractivity contribution in [1.82, 2.24) is 0 Å². The molecule has 2 heterocycles. The monoisotopic (exact) mass is 374 g/mol. The van der Waals surface area contributed by atoms with Gasteiger partial charge in [0.05, 0.1) is 5.69 Å². The molecule has 0 spiro atoms. The Bertz CT molecular complexity index is 1100. The van der Waals surface area contributed by atoms with Gasteiger partial charge in [-0.25, -0.2) is 0 Å². The summed E-state index contributed by atoms with van der Waals surface area (Å²) in [6, 6.07) is 17.0. The zero-order valence-corrected chi connectivity index (χ0v) is 15.1. The number of hydrogen-bond donors (Lipinski definition) is 1. The number of hydrogen-bond acceptors (Lipinski definition) is 4. The van der Waals surface area contributed by atoms with Crippen molar-refractivity contribution in [3.05, 3.63) is 60.2 Å². The van der Waals surface area contributed by atoms with E-state index in [1.165, 1.54) is 0 Å². The van der Waals surface area contributed by atoms with E-state index in [0.29, 0.717) is 36.6 Å². The first-order chi connectivity index (χ1) is 13.7. The van der Waals surface area contributed by atoms with E-state index in [1.54, 1.807) is 23.1 Å². The molecule has 2 aliphatic rings. The Kier molecular flexibility index (Phi) is 3.90. The number of carbonyl (C=O) groups is 2. The highest BCUT2D eigenvalue weighted by atomic mass is 16.7. The van der Waals surface area contributed by atoms with Crippen LogP contribution in [0, 0.1) is 0 Å². The SMILES string of the molecule is O=C(CCCN1C(=O)c2cccc3cccc1c23)Nc1ccc2c(c1)OCO2. The maximum atomic E-state index is 12.8. The molecule has 0 aromatic heterocycles. The minimum absolute atomic E-state index is 0.00276. The second kappa shape index (κ2) is 6.56. The van der Waals surface area contributed by atoms with Gasteiger partial charge in [0, 0.05) is 35.7 Å². The molecule has 0 fully saturated rings. The molecular formula is C22H18N2O4. The number of nitrogens with zero attached hydrogens (tertiary/aromatic N) is 1. The van der Waals surface area contributed by atoms with Crippen LogP contribution in [0.3, 0.4) is 0 Å². The number of benzene rings is 3. The molecule has 2 amide bonds. The number of amides is 2. The topological polar surface area (TPSA) is 67.9 Å². The van der Waals surface area contributed by atoms with E-state index in [-0.39, 0.29) is 18.6 Å². The number of fused-ring (bicyclic) bond motifs is 1. The number of carbonyl (C=O) groups excluding carboxylic acids is 2. The van der Waals surface area contributed by atoms with Gasteiger partial charge >= 0.3 is 0 Å². The molecule has 6 nitrogen and oxygen atoms in total. The normalized spacial score (nSPS) is 14.0. The summed E-state index contributed by atoms with van der Waals surface area (Å²) in [6.07, 6.45) is 0.900. The first kappa shape index (κ1) is 16.6. The summed E-state index contributed by atoms with van der Waals surface area (Å²) in [7, 11) is 0. The van der Waals surface area contributed by atoms with Crippen molar-refractivity contribution in [2.75, 3.05) is 23.6 Å². The zero-order chi connectivity index (χ0) is 19.1. The summed E-state index contributed by atoms with van der Waals surface area (Å²) >= 11 is 0. The summed E-state index contributed by atoms with van der Waals surface area (Å²) in [5, 5.41) is 4.93. The van der Waals surface area contributed by atoms with Gasteiger partial charge in [-0.15, -0.1) is 0 Å². The summed E-state index contributed by atoms with van der Waals surface area (Å²) in [5.41, 5.74) is 2.33. The molecule has 0 unspecified atom stereocenters. The van der Waals surface area contributed by atoms with Crippen LogP contribution in [0.15, 0.2) is 54.6 Å². The van der Waals surface area contributed by atoms with Gasteiger partial charge in [-0.2, -0.15) is 0 Å². The Balaban J connectivity index is 1.22. The van der Waals surface area contributed by atoms with E-state index in [2.05, 4.69) is 5.32 Å². The van der Waals surface area contributed by atoms with Gasteiger partial charge in [0.1, 0.15) is 0 Å². The van der Waals surface area contributed by atoms with Gasteiger partial charge < -0.3 is 19.7 Å². The lowest BCUT2D eigenvalue weighted by Gasteiger charge is -2.17. The Morgan fingerprint density at radius 1 is 1.04 bits per heavy atom. The molecule has 2 aliphatic heterocycles. The maximum Gasteiger partial charge on any atom is 0.258 e. The molecule has 0 saturated heterocycles. The van der Waals surface area contributed by atoms with Crippen LogP contribution >= 0.6 is 0 Å². The summed E-state index contributed by atoms with van der Waals surface area (Å²) < 4.78 is 10.6. The molecule has 0 saturated carbocycles. The van der Waals surface area contributed by atoms with Crippen LogP contribution in [0.5, 0.6) is 11.5 Å². The highest BCUT2D eigenvalue weighted by molar-refractivity contribution is 6.25. The van der Waals surface area contributed by atoms with Crippen LogP contribution in [-0.4, -0.2) is 25.2 Å². The van der Waals surface area contributed by atoms with E-state index in [4.69, 9.17) is 9.47 Å². The van der Waals surface area contributed by atoms with Crippen LogP contribution in [0.1, 0.15) is 23.2 Å². The highest BCUT2D eigenvalue weighted by Gasteiger charge is 2.29. The van der Waals surface area contributed by atoms with Crippen LogP contribution in [0.2, 0.25) is 0 Å². The molecule has 5 rings (SSSR count). The van der Waals surface area contributed by atoms with Gasteiger partial charge in [0.15, 0.2) is 11.5 Å². The standard InChI is InChI=1S/C22H18N2O4/c25-20(23-15-9-10-18-19(12-15)28-13-27-18)8-3-11-24-17-7-2-5-14-4-1-6-16(21(14)17)22(24)26/h1-2,4-7,9-10,12H,3,8,11,13H2,(H,23,25). The first-order valence-corrected chi connectivity index (χ1v) is 9.24. The van der Waals surface area contributed by atoms with Crippen molar-refractivity contribution in [2.24, 2.45) is 0 Å². The van der Waals surface area contributed by atoms with Gasteiger partial charge in [-0.05, 0) is 36.1 Å². The smallest absolute Gasteiger partial charge is 0.258 e. The fraction of sp³-hybridized carbons (Fsp3) is 0.182. The molecule has 3 aromatic carbocycles. The maximum absolute atomic E-state index is 12.8. The molecule has 3 aromatic rings. The van der Waals surface area contributed by atoms with Crippen molar-refractivity contribution >= 4 is 34.0 Å². The van der Waals surface area contributed by atoms with Gasteiger partial charge in [0.25, 0.3) is 5.91 Å². The van der Waals surface area contributed by atoms with Crippen molar-refractivity contribution in [2.45, 2.75) is 12.8 Å². The highest BCUT2D eigenvalue weighted by Crippen LogP contribution is 2.37. The molecule has 6 heteroatoms. The quantitative estimate of drug-likeness (QED) is 0.734. The van der Waals surface area contributed by atoms with Crippen LogP contribution in [0.25, 0.3) is 10.8 Å². The van der Waals surface area contributed by atoms with Crippen LogP contribution < -0.4 is 19.7 Å². The number of nitrogens with one attached hydrogen (secondary N) is 1. The molecular weight excluding hydrogens is 356 g/mol. The van der Waals surface area contributed by atoms with Crippen molar-refractivity contribution in [3.8, 4) is 11.5 Å². The fourth-order valence-corrected chi connectivity index (χ4v) is 3.80. The molecule has 140 valence electrons. The lowest BCUT2D eigenvalue weighted by Crippen LogP contribution is -2.28. The van der Waals surface area contributed by atoms with Gasteiger partial charge in [0.2, 0.25) is 12.7 Å². The lowest BCUT2D eigenvalue weighted by atomic mass is 10.1. The van der Waals surface area contributed by atoms with Crippen molar-refractivity contribution in [3.63, 3.8) is 0 Å². The van der Waals surface area contributed by atoms with Crippen molar-refractivity contribution < 1.29 is 19.1 Å². The van der Waals surface area contributed by atoms with E-state index in [0.717, 1.165) is 22.0 Å². The van der Waals surface area contributed by atoms with E-state index in [9.17, 15) is 9.59 Å². The number of rotatable bonds is 5. The Hall–Kier alpha value is -3.54. The van der Waals surface area contributed by atoms with Gasteiger partial charge in [-0.3, -0.25) is 9.59 Å². The first-order valence-electron chi connectivity index (χ1n) is 9.24. The molecule has 1 N–H and O–H groups in total. The summed E-state index contributed by atoms with van der Waals surface area (Å²) in [5.74, 6) is 1.22. The lowest BCUT2D eigenvalue weighted by molar-refractivity contribution is -0.116. The Labute approximate surface area is 161 Å². The predicted molar refractivity (Wildman–Crippen MR) is 106 cm³/mol. The van der Waals surface area contributed by atoms with Crippen molar-refractivity contribution in [1.29, 1.82) is 0 Å². The molecule has 0 atom stereocenters. The molecule has 0 radical (unpaired) electrons. The van der Waals surface area contributed by atoms with Gasteiger partial charge in [-0.1, -0.05) is 24.3 Å². The average Bonchev–Trinajstić information content (AvgIpc) is 3.27. The summed E-state index contributed by atoms with van der Waals surface area (Å²) in [4.78, 5) is 26.8. The average molecular weight is 374 g/mol. The Morgan fingerprint density at radius 2 is 1.86 bits per heavy atom. The van der Waals surface area contributed by atoms with E-state index < -0.39 is 0 Å². The van der Waals surface area contributed by atoms with Crippen LogP contribution in [-0.2, 0) is 4.79 Å².